The molecule has 0 aromatic heterocycles. The summed E-state index contributed by atoms with van der Waals surface area (Å²) < 4.78 is 0. The van der Waals surface area contributed by atoms with E-state index in [-0.39, 0.29) is 5.92 Å². The standard InChI is InChI=1S/C16H26O2/c1-5-7-15(17)16(18)10-12(3)14-9-6-8-11(2)13(14)4/h6,8-9,12,15-18H,5,7,10H2,1-4H3. The van der Waals surface area contributed by atoms with E-state index >= 15 is 0 Å². The largest absolute Gasteiger partial charge is 0.390 e. The SMILES string of the molecule is CCCC(O)C(O)CC(C)c1cccc(C)c1C. The fourth-order valence-electron chi connectivity index (χ4n) is 2.44. The number of benzene rings is 1. The first-order valence-corrected chi connectivity index (χ1v) is 6.89. The van der Waals surface area contributed by atoms with Crippen molar-refractivity contribution in [2.24, 2.45) is 0 Å². The number of rotatable bonds is 6. The molecular weight excluding hydrogens is 224 g/mol. The first kappa shape index (κ1) is 15.2. The predicted octanol–water partition coefficient (Wildman–Crippen LogP) is 3.32. The van der Waals surface area contributed by atoms with Gasteiger partial charge in [0.1, 0.15) is 0 Å². The molecule has 2 heteroatoms. The molecule has 0 saturated carbocycles. The molecule has 0 radical (unpaired) electrons. The third-order valence-electron chi connectivity index (χ3n) is 3.80. The van der Waals surface area contributed by atoms with E-state index in [1.165, 1.54) is 16.7 Å². The highest BCUT2D eigenvalue weighted by molar-refractivity contribution is 5.35. The first-order valence-electron chi connectivity index (χ1n) is 6.89. The van der Waals surface area contributed by atoms with E-state index in [2.05, 4.69) is 39.0 Å². The van der Waals surface area contributed by atoms with Crippen molar-refractivity contribution in [2.75, 3.05) is 0 Å². The van der Waals surface area contributed by atoms with Crippen LogP contribution >= 0.6 is 0 Å². The molecule has 0 aliphatic rings. The minimum Gasteiger partial charge on any atom is -0.390 e. The van der Waals surface area contributed by atoms with Crippen LogP contribution in [0.5, 0.6) is 0 Å². The van der Waals surface area contributed by atoms with Crippen molar-refractivity contribution in [3.8, 4) is 0 Å². The average molecular weight is 250 g/mol. The Morgan fingerprint density at radius 1 is 1.11 bits per heavy atom. The molecule has 3 atom stereocenters. The zero-order chi connectivity index (χ0) is 13.7. The Hall–Kier alpha value is -0.860. The van der Waals surface area contributed by atoms with E-state index in [4.69, 9.17) is 0 Å². The molecule has 0 heterocycles. The molecule has 2 N–H and O–H groups in total. The Balaban J connectivity index is 2.70. The molecule has 1 aromatic carbocycles. The summed E-state index contributed by atoms with van der Waals surface area (Å²) >= 11 is 0. The zero-order valence-electron chi connectivity index (χ0n) is 12.0. The molecular formula is C16H26O2. The zero-order valence-corrected chi connectivity index (χ0v) is 12.0. The van der Waals surface area contributed by atoms with Gasteiger partial charge in [-0.1, -0.05) is 38.5 Å². The van der Waals surface area contributed by atoms with Crippen LogP contribution in [0.2, 0.25) is 0 Å². The van der Waals surface area contributed by atoms with Crippen LogP contribution in [0, 0.1) is 13.8 Å². The van der Waals surface area contributed by atoms with Crippen LogP contribution in [0.25, 0.3) is 0 Å². The molecule has 1 rings (SSSR count). The summed E-state index contributed by atoms with van der Waals surface area (Å²) in [6.07, 6.45) is 0.963. The van der Waals surface area contributed by atoms with Crippen LogP contribution < -0.4 is 0 Å². The summed E-state index contributed by atoms with van der Waals surface area (Å²) in [7, 11) is 0. The molecule has 18 heavy (non-hydrogen) atoms. The maximum atomic E-state index is 9.99. The van der Waals surface area contributed by atoms with Crippen LogP contribution in [0.4, 0.5) is 0 Å². The Bertz CT molecular complexity index is 373. The quantitative estimate of drug-likeness (QED) is 0.813. The van der Waals surface area contributed by atoms with Gasteiger partial charge in [0.2, 0.25) is 0 Å². The van der Waals surface area contributed by atoms with Crippen LogP contribution in [-0.4, -0.2) is 22.4 Å². The molecule has 0 spiro atoms. The smallest absolute Gasteiger partial charge is 0.0804 e. The summed E-state index contributed by atoms with van der Waals surface area (Å²) in [6, 6.07) is 6.28. The van der Waals surface area contributed by atoms with Crippen LogP contribution in [0.3, 0.4) is 0 Å². The summed E-state index contributed by atoms with van der Waals surface area (Å²) in [5.74, 6) is 0.270. The highest BCUT2D eigenvalue weighted by Crippen LogP contribution is 2.26. The lowest BCUT2D eigenvalue weighted by atomic mass is 9.88. The van der Waals surface area contributed by atoms with E-state index in [0.717, 1.165) is 6.42 Å². The van der Waals surface area contributed by atoms with Gasteiger partial charge in [-0.2, -0.15) is 0 Å². The van der Waals surface area contributed by atoms with Crippen LogP contribution in [-0.2, 0) is 0 Å². The van der Waals surface area contributed by atoms with Gasteiger partial charge in [0, 0.05) is 0 Å². The number of aliphatic hydroxyl groups excluding tert-OH is 2. The lowest BCUT2D eigenvalue weighted by molar-refractivity contribution is 0.00635. The second-order valence-electron chi connectivity index (χ2n) is 5.35. The van der Waals surface area contributed by atoms with Crippen molar-refractivity contribution < 1.29 is 10.2 Å². The van der Waals surface area contributed by atoms with Crippen molar-refractivity contribution in [2.45, 2.75) is 65.1 Å². The fourth-order valence-corrected chi connectivity index (χ4v) is 2.44. The second kappa shape index (κ2) is 6.91. The second-order valence-corrected chi connectivity index (χ2v) is 5.35. The molecule has 1 aromatic rings. The van der Waals surface area contributed by atoms with Crippen molar-refractivity contribution in [1.29, 1.82) is 0 Å². The van der Waals surface area contributed by atoms with Crippen molar-refractivity contribution in [1.82, 2.24) is 0 Å². The van der Waals surface area contributed by atoms with E-state index in [9.17, 15) is 10.2 Å². The van der Waals surface area contributed by atoms with Crippen LogP contribution in [0.1, 0.15) is 55.7 Å². The van der Waals surface area contributed by atoms with Gasteiger partial charge in [-0.3, -0.25) is 0 Å². The highest BCUT2D eigenvalue weighted by atomic mass is 16.3. The Labute approximate surface area is 111 Å². The number of hydrogen-bond donors (Lipinski definition) is 2. The van der Waals surface area contributed by atoms with E-state index < -0.39 is 12.2 Å². The highest BCUT2D eigenvalue weighted by Gasteiger charge is 2.20. The molecule has 0 aliphatic carbocycles. The van der Waals surface area contributed by atoms with Gasteiger partial charge in [0.15, 0.2) is 0 Å². The normalized spacial score (nSPS) is 16.3. The lowest BCUT2D eigenvalue weighted by Gasteiger charge is -2.22. The Kier molecular flexibility index (Phi) is 5.83. The molecule has 0 fully saturated rings. The molecule has 0 saturated heterocycles. The maximum absolute atomic E-state index is 9.99. The van der Waals surface area contributed by atoms with E-state index in [1.807, 2.05) is 6.92 Å². The molecule has 102 valence electrons. The monoisotopic (exact) mass is 250 g/mol. The first-order chi connectivity index (χ1) is 8.47. The Morgan fingerprint density at radius 3 is 2.39 bits per heavy atom. The third-order valence-corrected chi connectivity index (χ3v) is 3.80. The number of hydrogen-bond acceptors (Lipinski definition) is 2. The van der Waals surface area contributed by atoms with E-state index in [0.29, 0.717) is 12.8 Å². The number of aryl methyl sites for hydroxylation is 1. The fraction of sp³-hybridized carbons (Fsp3) is 0.625. The molecule has 0 aliphatic heterocycles. The van der Waals surface area contributed by atoms with Crippen molar-refractivity contribution in [3.05, 3.63) is 34.9 Å². The maximum Gasteiger partial charge on any atom is 0.0804 e. The minimum atomic E-state index is -0.625. The third kappa shape index (κ3) is 3.82. The molecule has 0 bridgehead atoms. The van der Waals surface area contributed by atoms with Gasteiger partial charge in [-0.15, -0.1) is 0 Å². The average Bonchev–Trinajstić information content (AvgIpc) is 2.32. The lowest BCUT2D eigenvalue weighted by Crippen LogP contribution is -2.27. The number of aliphatic hydroxyl groups is 2. The van der Waals surface area contributed by atoms with Gasteiger partial charge in [0.25, 0.3) is 0 Å². The topological polar surface area (TPSA) is 40.5 Å². The summed E-state index contributed by atoms with van der Waals surface area (Å²) in [5.41, 5.74) is 3.85. The van der Waals surface area contributed by atoms with Gasteiger partial charge >= 0.3 is 0 Å². The van der Waals surface area contributed by atoms with Gasteiger partial charge < -0.3 is 10.2 Å². The van der Waals surface area contributed by atoms with E-state index in [1.54, 1.807) is 0 Å². The molecule has 0 amide bonds. The summed E-state index contributed by atoms with van der Waals surface area (Å²) in [6.45, 7) is 8.36. The predicted molar refractivity (Wildman–Crippen MR) is 75.9 cm³/mol. The summed E-state index contributed by atoms with van der Waals surface area (Å²) in [5, 5.41) is 19.8. The van der Waals surface area contributed by atoms with Gasteiger partial charge in [-0.25, -0.2) is 0 Å². The van der Waals surface area contributed by atoms with Crippen LogP contribution in [0.15, 0.2) is 18.2 Å². The summed E-state index contributed by atoms with van der Waals surface area (Å²) in [4.78, 5) is 0. The Morgan fingerprint density at radius 2 is 1.78 bits per heavy atom. The molecule has 2 nitrogen and oxygen atoms in total. The van der Waals surface area contributed by atoms with Crippen molar-refractivity contribution in [3.63, 3.8) is 0 Å². The van der Waals surface area contributed by atoms with Gasteiger partial charge in [-0.05, 0) is 49.3 Å². The molecule has 3 unspecified atom stereocenters. The minimum absolute atomic E-state index is 0.270. The van der Waals surface area contributed by atoms with Gasteiger partial charge in [0.05, 0.1) is 12.2 Å². The van der Waals surface area contributed by atoms with Crippen molar-refractivity contribution >= 4 is 0 Å².